The molecule has 0 aliphatic rings. The molecule has 0 heterocycles. The third kappa shape index (κ3) is 51.5. The van der Waals surface area contributed by atoms with Gasteiger partial charge >= 0.3 is 11.9 Å². The Balaban J connectivity index is 4.36. The summed E-state index contributed by atoms with van der Waals surface area (Å²) in [5, 5.41) is 0. The van der Waals surface area contributed by atoms with E-state index in [1.165, 1.54) is 109 Å². The summed E-state index contributed by atoms with van der Waals surface area (Å²) in [6.45, 7) is 7.43. The van der Waals surface area contributed by atoms with Gasteiger partial charge in [0.15, 0.2) is 6.10 Å². The van der Waals surface area contributed by atoms with Crippen molar-refractivity contribution in [1.29, 1.82) is 0 Å². The van der Waals surface area contributed by atoms with Crippen molar-refractivity contribution >= 4 is 11.9 Å². The van der Waals surface area contributed by atoms with E-state index in [1.807, 2.05) is 0 Å². The first-order valence-corrected chi connectivity index (χ1v) is 26.8. The van der Waals surface area contributed by atoms with Crippen molar-refractivity contribution in [2.75, 3.05) is 19.8 Å². The number of carbonyl (C=O) groups is 2. The molecule has 0 amide bonds. The van der Waals surface area contributed by atoms with Crippen LogP contribution in [-0.2, 0) is 23.8 Å². The van der Waals surface area contributed by atoms with Crippen LogP contribution in [0.15, 0.2) is 97.2 Å². The van der Waals surface area contributed by atoms with Gasteiger partial charge in [0.1, 0.15) is 6.61 Å². The first kappa shape index (κ1) is 60.8. The molecule has 64 heavy (non-hydrogen) atoms. The first-order valence-electron chi connectivity index (χ1n) is 26.8. The van der Waals surface area contributed by atoms with Gasteiger partial charge in [-0.05, 0) is 103 Å². The van der Waals surface area contributed by atoms with Crippen LogP contribution in [0, 0.1) is 0 Å². The molecule has 0 bridgehead atoms. The molecular weight excluding hydrogens is 789 g/mol. The van der Waals surface area contributed by atoms with Crippen LogP contribution in [0.25, 0.3) is 0 Å². The van der Waals surface area contributed by atoms with E-state index in [0.29, 0.717) is 19.4 Å². The highest BCUT2D eigenvalue weighted by molar-refractivity contribution is 5.70. The molecule has 0 aromatic carbocycles. The topological polar surface area (TPSA) is 61.8 Å². The second-order valence-electron chi connectivity index (χ2n) is 17.4. The Morgan fingerprint density at radius 3 is 1.20 bits per heavy atom. The van der Waals surface area contributed by atoms with Gasteiger partial charge in [0.05, 0.1) is 13.2 Å². The highest BCUT2D eigenvalue weighted by Gasteiger charge is 2.17. The smallest absolute Gasteiger partial charge is 0.306 e. The second-order valence-corrected chi connectivity index (χ2v) is 17.4. The average molecular weight is 889 g/mol. The van der Waals surface area contributed by atoms with Crippen LogP contribution in [0.5, 0.6) is 0 Å². The molecule has 1 unspecified atom stereocenters. The lowest BCUT2D eigenvalue weighted by atomic mass is 10.1. The first-order chi connectivity index (χ1) is 31.6. The third-order valence-electron chi connectivity index (χ3n) is 11.1. The number of unbranched alkanes of at least 4 members (excludes halogenated alkanes) is 21. The minimum Gasteiger partial charge on any atom is -0.462 e. The SMILES string of the molecule is CC/C=C\C/C=C\C/C=C\C/C=C\C/C=C\CCOCC(COC(=O)CCCCCCCCCCC/C=C\CCCCCCCC)OC(=O)CCCCCCC/C=C\C/C=C\CCC. The summed E-state index contributed by atoms with van der Waals surface area (Å²) < 4.78 is 17.3. The van der Waals surface area contributed by atoms with E-state index in [-0.39, 0.29) is 25.2 Å². The molecule has 0 aromatic rings. The van der Waals surface area contributed by atoms with Crippen LogP contribution in [-0.4, -0.2) is 37.9 Å². The quantitative estimate of drug-likeness (QED) is 0.0346. The Bertz CT molecular complexity index is 1230. The maximum atomic E-state index is 12.8. The highest BCUT2D eigenvalue weighted by atomic mass is 16.6. The van der Waals surface area contributed by atoms with Gasteiger partial charge in [-0.25, -0.2) is 0 Å². The lowest BCUT2D eigenvalue weighted by Crippen LogP contribution is -2.30. The molecule has 5 heteroatoms. The molecule has 0 spiro atoms. The van der Waals surface area contributed by atoms with Crippen LogP contribution in [0.3, 0.4) is 0 Å². The summed E-state index contributed by atoms with van der Waals surface area (Å²) in [6, 6.07) is 0. The molecule has 0 aliphatic heterocycles. The third-order valence-corrected chi connectivity index (χ3v) is 11.1. The summed E-state index contributed by atoms with van der Waals surface area (Å²) in [7, 11) is 0. The fourth-order valence-electron chi connectivity index (χ4n) is 7.14. The van der Waals surface area contributed by atoms with E-state index in [2.05, 4.69) is 118 Å². The van der Waals surface area contributed by atoms with E-state index in [1.54, 1.807) is 0 Å². The summed E-state index contributed by atoms with van der Waals surface area (Å²) in [5.74, 6) is -0.458. The van der Waals surface area contributed by atoms with Crippen molar-refractivity contribution in [2.24, 2.45) is 0 Å². The van der Waals surface area contributed by atoms with Crippen LogP contribution >= 0.6 is 0 Å². The lowest BCUT2D eigenvalue weighted by molar-refractivity contribution is -0.162. The predicted octanol–water partition coefficient (Wildman–Crippen LogP) is 18.2. The van der Waals surface area contributed by atoms with Crippen molar-refractivity contribution < 1.29 is 23.8 Å². The van der Waals surface area contributed by atoms with Crippen molar-refractivity contribution in [3.63, 3.8) is 0 Å². The molecule has 0 radical (unpaired) electrons. The van der Waals surface area contributed by atoms with Crippen LogP contribution < -0.4 is 0 Å². The monoisotopic (exact) mass is 889 g/mol. The second kappa shape index (κ2) is 54.2. The molecule has 0 saturated carbocycles. The molecule has 1 atom stereocenters. The van der Waals surface area contributed by atoms with Gasteiger partial charge in [-0.15, -0.1) is 0 Å². The molecular formula is C59H100O5. The van der Waals surface area contributed by atoms with E-state index >= 15 is 0 Å². The Hall–Kier alpha value is -3.18. The standard InChI is InChI=1S/C59H100O5/c1-4-7-10-13-16-19-22-25-27-29-30-31-32-35-37-40-43-46-49-52-58(60)63-56-57(64-59(61)53-50-47-44-41-38-34-24-21-18-15-12-9-6-3)55-62-54-51-48-45-42-39-36-33-28-26-23-20-17-14-11-8-5-2/h8,11-12,15,17,20-21,24-28,36,39,45,48,57H,4-7,9-10,13-14,16,18-19,22-23,29-35,37-38,40-44,46-47,49-56H2,1-3H3/b11-8-,15-12-,20-17-,24-21-,27-25-,28-26-,39-36-,48-45-. The molecule has 0 saturated heterocycles. The van der Waals surface area contributed by atoms with Crippen molar-refractivity contribution in [1.82, 2.24) is 0 Å². The summed E-state index contributed by atoms with van der Waals surface area (Å²) >= 11 is 0. The molecule has 0 aliphatic carbocycles. The van der Waals surface area contributed by atoms with Crippen LogP contribution in [0.4, 0.5) is 0 Å². The number of rotatable bonds is 48. The zero-order chi connectivity index (χ0) is 46.3. The fourth-order valence-corrected chi connectivity index (χ4v) is 7.14. The predicted molar refractivity (Wildman–Crippen MR) is 279 cm³/mol. The number of hydrogen-bond donors (Lipinski definition) is 0. The Morgan fingerprint density at radius 2 is 0.734 bits per heavy atom. The van der Waals surface area contributed by atoms with E-state index in [9.17, 15) is 9.59 Å². The van der Waals surface area contributed by atoms with Crippen LogP contribution in [0.2, 0.25) is 0 Å². The zero-order valence-electron chi connectivity index (χ0n) is 42.0. The zero-order valence-corrected chi connectivity index (χ0v) is 42.0. The normalized spacial score (nSPS) is 13.0. The average Bonchev–Trinajstić information content (AvgIpc) is 3.30. The van der Waals surface area contributed by atoms with Gasteiger partial charge in [0, 0.05) is 12.8 Å². The van der Waals surface area contributed by atoms with E-state index in [4.69, 9.17) is 14.2 Å². The van der Waals surface area contributed by atoms with Crippen molar-refractivity contribution in [2.45, 2.75) is 245 Å². The fraction of sp³-hybridized carbons (Fsp3) is 0.695. The van der Waals surface area contributed by atoms with Gasteiger partial charge in [0.25, 0.3) is 0 Å². The van der Waals surface area contributed by atoms with Gasteiger partial charge in [-0.3, -0.25) is 9.59 Å². The highest BCUT2D eigenvalue weighted by Crippen LogP contribution is 2.14. The number of allylic oxidation sites excluding steroid dienone is 15. The van der Waals surface area contributed by atoms with E-state index in [0.717, 1.165) is 96.3 Å². The van der Waals surface area contributed by atoms with Gasteiger partial charge in [-0.1, -0.05) is 221 Å². The molecule has 366 valence electrons. The van der Waals surface area contributed by atoms with Gasteiger partial charge in [-0.2, -0.15) is 0 Å². The Kier molecular flexibility index (Phi) is 51.5. The maximum Gasteiger partial charge on any atom is 0.306 e. The maximum absolute atomic E-state index is 12.8. The number of esters is 2. The van der Waals surface area contributed by atoms with Crippen molar-refractivity contribution in [3.8, 4) is 0 Å². The number of ether oxygens (including phenoxy) is 3. The molecule has 5 nitrogen and oxygen atoms in total. The summed E-state index contributed by atoms with van der Waals surface area (Å²) in [4.78, 5) is 25.4. The number of hydrogen-bond acceptors (Lipinski definition) is 5. The van der Waals surface area contributed by atoms with Gasteiger partial charge < -0.3 is 14.2 Å². The molecule has 0 N–H and O–H groups in total. The molecule has 0 fully saturated rings. The van der Waals surface area contributed by atoms with Crippen LogP contribution in [0.1, 0.15) is 239 Å². The number of carbonyl (C=O) groups excluding carboxylic acids is 2. The Morgan fingerprint density at radius 1 is 0.359 bits per heavy atom. The van der Waals surface area contributed by atoms with E-state index < -0.39 is 6.10 Å². The molecule has 0 rings (SSSR count). The Labute approximate surface area is 396 Å². The summed E-state index contributed by atoms with van der Waals surface area (Å²) in [6.07, 6.45) is 73.0. The minimum absolute atomic E-state index is 0.0447. The van der Waals surface area contributed by atoms with Crippen molar-refractivity contribution in [3.05, 3.63) is 97.2 Å². The van der Waals surface area contributed by atoms with Gasteiger partial charge in [0.2, 0.25) is 0 Å². The largest absolute Gasteiger partial charge is 0.462 e. The lowest BCUT2D eigenvalue weighted by Gasteiger charge is -2.18. The summed E-state index contributed by atoms with van der Waals surface area (Å²) in [5.41, 5.74) is 0. The minimum atomic E-state index is -0.588. The molecule has 0 aromatic heterocycles.